The quantitative estimate of drug-likeness (QED) is 0.788. The second-order valence-corrected chi connectivity index (χ2v) is 5.64. The molecule has 19 heavy (non-hydrogen) atoms. The zero-order chi connectivity index (χ0) is 13.9. The summed E-state index contributed by atoms with van der Waals surface area (Å²) in [5, 5.41) is 3.53. The number of aromatic nitrogens is 1. The molecule has 102 valence electrons. The third-order valence-corrected chi connectivity index (χ3v) is 2.98. The topological polar surface area (TPSA) is 69.4 Å². The predicted molar refractivity (Wildman–Crippen MR) is 65.5 cm³/mol. The average Bonchev–Trinajstić information content (AvgIpc) is 2.89. The third-order valence-electron chi connectivity index (χ3n) is 2.43. The Morgan fingerprint density at radius 1 is 1.32 bits per heavy atom. The van der Waals surface area contributed by atoms with Gasteiger partial charge in [-0.1, -0.05) is 29.4 Å². The van der Waals surface area contributed by atoms with Crippen molar-refractivity contribution in [3.05, 3.63) is 53.4 Å². The Morgan fingerprint density at radius 3 is 2.53 bits per heavy atom. The Bertz CT molecular complexity index is 622. The van der Waals surface area contributed by atoms with Gasteiger partial charge >= 0.3 is 0 Å². The molecule has 2 rings (SSSR count). The summed E-state index contributed by atoms with van der Waals surface area (Å²) in [6.07, 6.45) is 0.906. The van der Waals surface area contributed by atoms with Crippen LogP contribution in [0.15, 0.2) is 41.1 Å². The molecule has 5 nitrogen and oxygen atoms in total. The summed E-state index contributed by atoms with van der Waals surface area (Å²) in [7, 11) is -3.48. The highest BCUT2D eigenvalue weighted by atomic mass is 32.2. The minimum Gasteiger partial charge on any atom is -0.364 e. The SMILES string of the molecule is CS(=O)(=O)OCc1ccc(C(F)c2ccon2)cc1. The van der Waals surface area contributed by atoms with Gasteiger partial charge in [-0.05, 0) is 11.1 Å². The van der Waals surface area contributed by atoms with Crippen molar-refractivity contribution in [2.75, 3.05) is 6.26 Å². The van der Waals surface area contributed by atoms with E-state index in [1.807, 2.05) is 0 Å². The summed E-state index contributed by atoms with van der Waals surface area (Å²) >= 11 is 0. The minimum absolute atomic E-state index is 0.0694. The van der Waals surface area contributed by atoms with E-state index in [4.69, 9.17) is 0 Å². The maximum atomic E-state index is 14.0. The molecule has 1 aromatic carbocycles. The number of halogens is 1. The van der Waals surface area contributed by atoms with E-state index >= 15 is 0 Å². The van der Waals surface area contributed by atoms with Crippen molar-refractivity contribution in [1.29, 1.82) is 0 Å². The van der Waals surface area contributed by atoms with E-state index in [-0.39, 0.29) is 12.3 Å². The molecule has 0 saturated heterocycles. The second-order valence-electron chi connectivity index (χ2n) is 3.99. The lowest BCUT2D eigenvalue weighted by Gasteiger charge is -2.06. The largest absolute Gasteiger partial charge is 0.364 e. The van der Waals surface area contributed by atoms with Crippen LogP contribution in [0.5, 0.6) is 0 Å². The highest BCUT2D eigenvalue weighted by Crippen LogP contribution is 2.24. The Kier molecular flexibility index (Phi) is 3.96. The number of hydrogen-bond donors (Lipinski definition) is 0. The smallest absolute Gasteiger partial charge is 0.264 e. The molecular weight excluding hydrogens is 273 g/mol. The standard InChI is InChI=1S/C12H12FNO4S/c1-19(15,16)18-8-9-2-4-10(5-3-9)12(13)11-6-7-17-14-11/h2-7,12H,8H2,1H3. The maximum absolute atomic E-state index is 14.0. The zero-order valence-corrected chi connectivity index (χ0v) is 10.9. The fourth-order valence-corrected chi connectivity index (χ4v) is 1.83. The first-order chi connectivity index (χ1) is 8.96. The molecule has 0 saturated carbocycles. The number of alkyl halides is 1. The minimum atomic E-state index is -3.48. The molecule has 0 amide bonds. The van der Waals surface area contributed by atoms with E-state index in [1.165, 1.54) is 12.3 Å². The van der Waals surface area contributed by atoms with Gasteiger partial charge in [0.1, 0.15) is 12.0 Å². The predicted octanol–water partition coefficient (Wildman–Crippen LogP) is 2.21. The molecule has 0 fully saturated rings. The molecule has 2 aromatic rings. The number of hydrogen-bond acceptors (Lipinski definition) is 5. The number of rotatable bonds is 5. The van der Waals surface area contributed by atoms with Crippen LogP contribution in [0.2, 0.25) is 0 Å². The van der Waals surface area contributed by atoms with Crippen molar-refractivity contribution >= 4 is 10.1 Å². The van der Waals surface area contributed by atoms with Crippen LogP contribution in [0.3, 0.4) is 0 Å². The van der Waals surface area contributed by atoms with Gasteiger partial charge in [-0.15, -0.1) is 0 Å². The Balaban J connectivity index is 2.06. The van der Waals surface area contributed by atoms with Crippen LogP contribution in [0.4, 0.5) is 4.39 Å². The van der Waals surface area contributed by atoms with Crippen LogP contribution in [0.1, 0.15) is 23.0 Å². The van der Waals surface area contributed by atoms with Crippen molar-refractivity contribution in [2.24, 2.45) is 0 Å². The Hall–Kier alpha value is -1.73. The van der Waals surface area contributed by atoms with Crippen LogP contribution in [-0.2, 0) is 20.9 Å². The molecule has 0 radical (unpaired) electrons. The first-order valence-electron chi connectivity index (χ1n) is 5.43. The lowest BCUT2D eigenvalue weighted by molar-refractivity contribution is 0.311. The fraction of sp³-hybridized carbons (Fsp3) is 0.250. The van der Waals surface area contributed by atoms with Crippen molar-refractivity contribution in [2.45, 2.75) is 12.8 Å². The molecule has 0 spiro atoms. The lowest BCUT2D eigenvalue weighted by Crippen LogP contribution is -2.03. The van der Waals surface area contributed by atoms with Gasteiger partial charge in [0.25, 0.3) is 10.1 Å². The average molecular weight is 285 g/mol. The Morgan fingerprint density at radius 2 is 2.00 bits per heavy atom. The van der Waals surface area contributed by atoms with E-state index in [1.54, 1.807) is 24.3 Å². The number of benzene rings is 1. The molecule has 0 N–H and O–H groups in total. The van der Waals surface area contributed by atoms with E-state index in [0.29, 0.717) is 11.1 Å². The summed E-state index contributed by atoms with van der Waals surface area (Å²) in [5.74, 6) is 0. The first-order valence-corrected chi connectivity index (χ1v) is 7.25. The van der Waals surface area contributed by atoms with E-state index in [0.717, 1.165) is 6.26 Å². The van der Waals surface area contributed by atoms with Gasteiger partial charge in [0.05, 0.1) is 12.9 Å². The van der Waals surface area contributed by atoms with Gasteiger partial charge in [-0.2, -0.15) is 8.42 Å². The molecule has 1 heterocycles. The molecule has 1 atom stereocenters. The molecule has 0 aliphatic rings. The van der Waals surface area contributed by atoms with Crippen molar-refractivity contribution < 1.29 is 21.5 Å². The van der Waals surface area contributed by atoms with Gasteiger partial charge < -0.3 is 4.52 Å². The Labute approximate surface area is 110 Å². The zero-order valence-electron chi connectivity index (χ0n) is 10.1. The first kappa shape index (κ1) is 13.7. The van der Waals surface area contributed by atoms with E-state index in [2.05, 4.69) is 13.9 Å². The van der Waals surface area contributed by atoms with E-state index < -0.39 is 16.3 Å². The molecule has 7 heteroatoms. The normalized spacial score (nSPS) is 13.4. The molecule has 1 unspecified atom stereocenters. The molecule has 0 bridgehead atoms. The molecule has 0 aliphatic carbocycles. The third kappa shape index (κ3) is 3.87. The monoisotopic (exact) mass is 285 g/mol. The van der Waals surface area contributed by atoms with Gasteiger partial charge in [-0.25, -0.2) is 4.39 Å². The number of nitrogens with zero attached hydrogens (tertiary/aromatic N) is 1. The summed E-state index contributed by atoms with van der Waals surface area (Å²) in [6, 6.07) is 7.77. The highest BCUT2D eigenvalue weighted by molar-refractivity contribution is 7.85. The lowest BCUT2D eigenvalue weighted by atomic mass is 10.1. The highest BCUT2D eigenvalue weighted by Gasteiger charge is 2.15. The van der Waals surface area contributed by atoms with Crippen LogP contribution in [-0.4, -0.2) is 19.8 Å². The van der Waals surface area contributed by atoms with Gasteiger partial charge in [0, 0.05) is 6.07 Å². The van der Waals surface area contributed by atoms with Crippen molar-refractivity contribution in [3.63, 3.8) is 0 Å². The summed E-state index contributed by atoms with van der Waals surface area (Å²) in [6.45, 7) is -0.0694. The van der Waals surface area contributed by atoms with Crippen LogP contribution in [0, 0.1) is 0 Å². The van der Waals surface area contributed by atoms with Crippen LogP contribution < -0.4 is 0 Å². The maximum Gasteiger partial charge on any atom is 0.264 e. The van der Waals surface area contributed by atoms with Gasteiger partial charge in [-0.3, -0.25) is 4.18 Å². The van der Waals surface area contributed by atoms with E-state index in [9.17, 15) is 12.8 Å². The van der Waals surface area contributed by atoms with Crippen molar-refractivity contribution in [1.82, 2.24) is 5.16 Å². The second kappa shape index (κ2) is 5.50. The summed E-state index contributed by atoms with van der Waals surface area (Å²) < 4.78 is 44.8. The van der Waals surface area contributed by atoms with Crippen molar-refractivity contribution in [3.8, 4) is 0 Å². The fourth-order valence-electron chi connectivity index (χ4n) is 1.48. The van der Waals surface area contributed by atoms with Gasteiger partial charge in [0.15, 0.2) is 6.17 Å². The summed E-state index contributed by atoms with van der Waals surface area (Å²) in [4.78, 5) is 0. The van der Waals surface area contributed by atoms with Crippen LogP contribution >= 0.6 is 0 Å². The van der Waals surface area contributed by atoms with Crippen LogP contribution in [0.25, 0.3) is 0 Å². The molecule has 1 aromatic heterocycles. The van der Waals surface area contributed by atoms with Gasteiger partial charge in [0.2, 0.25) is 0 Å². The summed E-state index contributed by atoms with van der Waals surface area (Å²) in [5.41, 5.74) is 1.25. The molecule has 0 aliphatic heterocycles. The molecular formula is C12H12FNO4S.